The van der Waals surface area contributed by atoms with Crippen molar-refractivity contribution >= 4 is 26.7 Å². The van der Waals surface area contributed by atoms with Crippen molar-refractivity contribution in [3.05, 3.63) is 77.1 Å². The number of benzene rings is 2. The van der Waals surface area contributed by atoms with Gasteiger partial charge in [-0.1, -0.05) is 42.5 Å². The van der Waals surface area contributed by atoms with Gasteiger partial charge < -0.3 is 10.1 Å². The molecule has 5 rings (SSSR count). The van der Waals surface area contributed by atoms with Crippen LogP contribution >= 0.6 is 0 Å². The normalized spacial score (nSPS) is 13.7. The van der Waals surface area contributed by atoms with Crippen LogP contribution in [0.25, 0.3) is 16.9 Å². The lowest BCUT2D eigenvalue weighted by atomic mass is 10.1. The monoisotopic (exact) mass is 464 g/mol. The van der Waals surface area contributed by atoms with Crippen LogP contribution in [0.3, 0.4) is 0 Å². The van der Waals surface area contributed by atoms with E-state index in [4.69, 9.17) is 14.7 Å². The van der Waals surface area contributed by atoms with Gasteiger partial charge in [0.25, 0.3) is 5.95 Å². The zero-order valence-electron chi connectivity index (χ0n) is 18.2. The van der Waals surface area contributed by atoms with E-state index in [-0.39, 0.29) is 6.54 Å². The molecule has 4 aromatic rings. The number of sulfonamides is 1. The minimum absolute atomic E-state index is 0.185. The molecule has 0 unspecified atom stereocenters. The molecule has 1 aliphatic rings. The number of rotatable bonds is 7. The predicted molar refractivity (Wildman–Crippen MR) is 125 cm³/mol. The van der Waals surface area contributed by atoms with Gasteiger partial charge in [0.2, 0.25) is 10.0 Å². The lowest BCUT2D eigenvalue weighted by molar-refractivity contribution is 0.107. The number of aromatic nitrogens is 4. The zero-order valence-corrected chi connectivity index (χ0v) is 19.0. The first kappa shape index (κ1) is 21.5. The summed E-state index contributed by atoms with van der Waals surface area (Å²) in [5, 5.41) is 8.83. The second-order valence-corrected chi connectivity index (χ2v) is 9.77. The maximum atomic E-state index is 11.5. The first-order chi connectivity index (χ1) is 16.0. The van der Waals surface area contributed by atoms with Crippen LogP contribution in [0, 0.1) is 0 Å². The van der Waals surface area contributed by atoms with Crippen molar-refractivity contribution in [3.63, 3.8) is 0 Å². The third-order valence-electron chi connectivity index (χ3n) is 5.54. The fraction of sp³-hybridized carbons (Fsp3) is 0.261. The van der Waals surface area contributed by atoms with E-state index in [2.05, 4.69) is 27.3 Å². The lowest BCUT2D eigenvalue weighted by Crippen LogP contribution is -2.21. The van der Waals surface area contributed by atoms with E-state index < -0.39 is 10.0 Å². The maximum Gasteiger partial charge on any atom is 0.253 e. The average Bonchev–Trinajstić information content (AvgIpc) is 3.26. The van der Waals surface area contributed by atoms with Gasteiger partial charge in [-0.15, -0.1) is 0 Å². The van der Waals surface area contributed by atoms with E-state index in [1.54, 1.807) is 10.9 Å². The summed E-state index contributed by atoms with van der Waals surface area (Å²) in [7, 11) is -3.31. The summed E-state index contributed by atoms with van der Waals surface area (Å²) in [6, 6.07) is 15.8. The summed E-state index contributed by atoms with van der Waals surface area (Å²) in [5.74, 6) is 1.22. The molecule has 0 aliphatic carbocycles. The number of nitrogens with one attached hydrogen (secondary N) is 2. The molecular formula is C23H24N6O3S. The summed E-state index contributed by atoms with van der Waals surface area (Å²) in [6.07, 6.45) is 3.60. The van der Waals surface area contributed by atoms with Gasteiger partial charge in [0, 0.05) is 30.5 Å². The number of anilines is 1. The maximum absolute atomic E-state index is 11.5. The van der Waals surface area contributed by atoms with Crippen molar-refractivity contribution in [3.8, 4) is 5.95 Å². The molecule has 10 heteroatoms. The predicted octanol–water partition coefficient (Wildman–Crippen LogP) is 2.55. The van der Waals surface area contributed by atoms with Crippen LogP contribution in [0.5, 0.6) is 0 Å². The van der Waals surface area contributed by atoms with Crippen molar-refractivity contribution in [1.82, 2.24) is 24.5 Å². The second-order valence-electron chi connectivity index (χ2n) is 7.94. The van der Waals surface area contributed by atoms with Crippen LogP contribution in [-0.4, -0.2) is 41.0 Å². The minimum Gasteiger partial charge on any atom is -0.375 e. The van der Waals surface area contributed by atoms with Gasteiger partial charge in [-0.05, 0) is 17.2 Å². The SMILES string of the molecule is CS(=O)(=O)NCc1cccc2c1cnn2-c1nc2c(c(NCc3ccccc3)n1)CCOC2. The summed E-state index contributed by atoms with van der Waals surface area (Å²) in [6.45, 7) is 1.89. The molecule has 33 heavy (non-hydrogen) atoms. The molecule has 9 nitrogen and oxygen atoms in total. The van der Waals surface area contributed by atoms with E-state index in [1.165, 1.54) is 0 Å². The van der Waals surface area contributed by atoms with Crippen molar-refractivity contribution in [2.75, 3.05) is 18.2 Å². The molecule has 0 saturated heterocycles. The van der Waals surface area contributed by atoms with Gasteiger partial charge >= 0.3 is 0 Å². The van der Waals surface area contributed by atoms with E-state index in [0.717, 1.165) is 51.8 Å². The Morgan fingerprint density at radius 2 is 1.91 bits per heavy atom. The third kappa shape index (κ3) is 4.72. The van der Waals surface area contributed by atoms with E-state index in [9.17, 15) is 8.42 Å². The number of nitrogens with zero attached hydrogens (tertiary/aromatic N) is 4. The minimum atomic E-state index is -3.31. The van der Waals surface area contributed by atoms with Crippen molar-refractivity contribution in [2.24, 2.45) is 0 Å². The molecular weight excluding hydrogens is 440 g/mol. The molecule has 2 aromatic heterocycles. The number of fused-ring (bicyclic) bond motifs is 2. The first-order valence-electron chi connectivity index (χ1n) is 10.6. The summed E-state index contributed by atoms with van der Waals surface area (Å²) in [5.41, 5.74) is 4.70. The molecule has 0 saturated carbocycles. The van der Waals surface area contributed by atoms with E-state index >= 15 is 0 Å². The molecule has 0 amide bonds. The Kier molecular flexibility index (Phi) is 5.79. The molecule has 170 valence electrons. The van der Waals surface area contributed by atoms with E-state index in [0.29, 0.717) is 25.7 Å². The van der Waals surface area contributed by atoms with Gasteiger partial charge in [0.05, 0.1) is 36.9 Å². The number of ether oxygens (including phenoxy) is 1. The number of hydrogen-bond donors (Lipinski definition) is 2. The Labute approximate surface area is 191 Å². The summed E-state index contributed by atoms with van der Waals surface area (Å²) < 4.78 is 32.9. The molecule has 0 radical (unpaired) electrons. The van der Waals surface area contributed by atoms with Gasteiger partial charge in [-0.25, -0.2) is 18.1 Å². The van der Waals surface area contributed by atoms with Crippen LogP contribution in [0.2, 0.25) is 0 Å². The van der Waals surface area contributed by atoms with Gasteiger partial charge in [-0.3, -0.25) is 0 Å². The quantitative estimate of drug-likeness (QED) is 0.432. The lowest BCUT2D eigenvalue weighted by Gasteiger charge is -2.20. The Morgan fingerprint density at radius 1 is 1.06 bits per heavy atom. The topological polar surface area (TPSA) is 111 Å². The highest BCUT2D eigenvalue weighted by Crippen LogP contribution is 2.26. The Balaban J connectivity index is 1.52. The third-order valence-corrected chi connectivity index (χ3v) is 6.21. The van der Waals surface area contributed by atoms with Crippen LogP contribution in [0.15, 0.2) is 54.7 Å². The highest BCUT2D eigenvalue weighted by molar-refractivity contribution is 7.88. The second kappa shape index (κ2) is 8.89. The molecule has 0 bridgehead atoms. The van der Waals surface area contributed by atoms with Gasteiger partial charge in [0.1, 0.15) is 5.82 Å². The molecule has 2 N–H and O–H groups in total. The fourth-order valence-electron chi connectivity index (χ4n) is 3.90. The van der Waals surface area contributed by atoms with Crippen LogP contribution < -0.4 is 10.0 Å². The molecule has 3 heterocycles. The summed E-state index contributed by atoms with van der Waals surface area (Å²) in [4.78, 5) is 9.57. The average molecular weight is 465 g/mol. The Morgan fingerprint density at radius 3 is 2.73 bits per heavy atom. The number of hydrogen-bond acceptors (Lipinski definition) is 7. The Bertz CT molecular complexity index is 1400. The molecule has 0 atom stereocenters. The molecule has 2 aromatic carbocycles. The molecule has 0 fully saturated rings. The highest BCUT2D eigenvalue weighted by atomic mass is 32.2. The van der Waals surface area contributed by atoms with Crippen molar-refractivity contribution in [2.45, 2.75) is 26.1 Å². The van der Waals surface area contributed by atoms with Crippen LogP contribution in [-0.2, 0) is 40.9 Å². The highest BCUT2D eigenvalue weighted by Gasteiger charge is 2.20. The van der Waals surface area contributed by atoms with Crippen LogP contribution in [0.4, 0.5) is 5.82 Å². The largest absolute Gasteiger partial charge is 0.375 e. The van der Waals surface area contributed by atoms with E-state index in [1.807, 2.05) is 36.4 Å². The van der Waals surface area contributed by atoms with Gasteiger partial charge in [0.15, 0.2) is 0 Å². The standard InChI is InChI=1S/C23H24N6O3S/c1-33(30,31)26-13-17-8-5-9-21-19(17)14-25-29(21)23-27-20-15-32-11-10-18(20)22(28-23)24-12-16-6-3-2-4-7-16/h2-9,14,26H,10-13,15H2,1H3,(H,24,27,28). The van der Waals surface area contributed by atoms with Crippen molar-refractivity contribution < 1.29 is 13.2 Å². The Hall–Kier alpha value is -3.34. The van der Waals surface area contributed by atoms with Crippen LogP contribution in [0.1, 0.15) is 22.4 Å². The molecule has 1 aliphatic heterocycles. The smallest absolute Gasteiger partial charge is 0.253 e. The van der Waals surface area contributed by atoms with Crippen molar-refractivity contribution in [1.29, 1.82) is 0 Å². The first-order valence-corrected chi connectivity index (χ1v) is 12.5. The zero-order chi connectivity index (χ0) is 22.8. The van der Waals surface area contributed by atoms with Gasteiger partial charge in [-0.2, -0.15) is 14.8 Å². The summed E-state index contributed by atoms with van der Waals surface area (Å²) >= 11 is 0. The molecule has 0 spiro atoms. The fourth-order valence-corrected chi connectivity index (χ4v) is 4.32.